The topological polar surface area (TPSA) is 19.0 Å². The molecule has 0 saturated carbocycles. The maximum atomic E-state index is 3.57. The molecule has 89 valence electrons. The van der Waals surface area contributed by atoms with E-state index >= 15 is 0 Å². The zero-order valence-electron chi connectivity index (χ0n) is 10.3. The Kier molecular flexibility index (Phi) is 2.89. The molecule has 1 aromatic carbocycles. The Hall–Kier alpha value is -1.28. The smallest absolute Gasteiger partial charge is 0.0502 e. The van der Waals surface area contributed by atoms with E-state index in [9.17, 15) is 0 Å². The van der Waals surface area contributed by atoms with Gasteiger partial charge in [0.1, 0.15) is 0 Å². The summed E-state index contributed by atoms with van der Waals surface area (Å²) < 4.78 is 0. The Morgan fingerprint density at radius 2 is 2.18 bits per heavy atom. The molecule has 0 bridgehead atoms. The van der Waals surface area contributed by atoms with Crippen LogP contribution < -0.4 is 0 Å². The Morgan fingerprint density at radius 3 is 3.00 bits per heavy atom. The van der Waals surface area contributed by atoms with Crippen LogP contribution in [-0.4, -0.2) is 16.4 Å². The van der Waals surface area contributed by atoms with Crippen molar-refractivity contribution >= 4 is 10.9 Å². The number of aromatic nitrogens is 1. The molecule has 1 atom stereocenters. The second-order valence-electron chi connectivity index (χ2n) is 4.82. The lowest BCUT2D eigenvalue weighted by molar-refractivity contribution is 0.188. The van der Waals surface area contributed by atoms with Crippen LogP contribution in [0.5, 0.6) is 0 Å². The molecule has 1 N–H and O–H groups in total. The van der Waals surface area contributed by atoms with Crippen molar-refractivity contribution in [3.63, 3.8) is 0 Å². The van der Waals surface area contributed by atoms with Gasteiger partial charge in [-0.2, -0.15) is 0 Å². The third-order valence-electron chi connectivity index (χ3n) is 3.79. The molecule has 3 rings (SSSR count). The predicted molar refractivity (Wildman–Crippen MR) is 71.6 cm³/mol. The van der Waals surface area contributed by atoms with E-state index < -0.39 is 0 Å². The van der Waals surface area contributed by atoms with Crippen molar-refractivity contribution in [1.29, 1.82) is 0 Å². The summed E-state index contributed by atoms with van der Waals surface area (Å²) in [6.07, 6.45) is 3.92. The fraction of sp³-hybridized carbons (Fsp3) is 0.400. The molecule has 1 aliphatic heterocycles. The largest absolute Gasteiger partial charge is 0.357 e. The third kappa shape index (κ3) is 1.98. The van der Waals surface area contributed by atoms with Gasteiger partial charge >= 0.3 is 0 Å². The number of benzene rings is 1. The first-order valence-corrected chi connectivity index (χ1v) is 6.51. The van der Waals surface area contributed by atoms with Gasteiger partial charge in [0, 0.05) is 17.8 Å². The zero-order valence-corrected chi connectivity index (χ0v) is 10.3. The fourth-order valence-corrected chi connectivity index (χ4v) is 2.87. The zero-order chi connectivity index (χ0) is 11.7. The first kappa shape index (κ1) is 10.8. The molecular formula is C15H19N2. The average molecular weight is 227 g/mol. The van der Waals surface area contributed by atoms with Crippen LogP contribution in [-0.2, 0) is 0 Å². The molecule has 1 saturated heterocycles. The van der Waals surface area contributed by atoms with E-state index in [0.717, 1.165) is 0 Å². The van der Waals surface area contributed by atoms with Crippen molar-refractivity contribution in [2.24, 2.45) is 0 Å². The number of H-pyrrole nitrogens is 1. The second kappa shape index (κ2) is 4.53. The molecule has 1 unspecified atom stereocenters. The van der Waals surface area contributed by atoms with Crippen LogP contribution in [0.1, 0.15) is 37.9 Å². The summed E-state index contributed by atoms with van der Waals surface area (Å²) in [5.41, 5.74) is 2.62. The van der Waals surface area contributed by atoms with Crippen molar-refractivity contribution < 1.29 is 0 Å². The second-order valence-corrected chi connectivity index (χ2v) is 4.82. The van der Waals surface area contributed by atoms with Crippen molar-refractivity contribution in [3.05, 3.63) is 42.6 Å². The Morgan fingerprint density at radius 1 is 1.29 bits per heavy atom. The van der Waals surface area contributed by atoms with Gasteiger partial charge in [-0.25, -0.2) is 0 Å². The molecule has 2 nitrogen and oxygen atoms in total. The van der Waals surface area contributed by atoms with Crippen molar-refractivity contribution in [1.82, 2.24) is 9.88 Å². The SMILES string of the molecule is C[CH]N1CCCCC1c1cc2ccccc2[nH]1. The molecule has 0 amide bonds. The van der Waals surface area contributed by atoms with E-state index in [4.69, 9.17) is 0 Å². The van der Waals surface area contributed by atoms with Gasteiger partial charge < -0.3 is 4.98 Å². The Bertz CT molecular complexity index is 467. The lowest BCUT2D eigenvalue weighted by atomic mass is 9.99. The molecule has 1 radical (unpaired) electrons. The number of piperidine rings is 1. The van der Waals surface area contributed by atoms with Crippen LogP contribution in [0.25, 0.3) is 10.9 Å². The van der Waals surface area contributed by atoms with Gasteiger partial charge in [-0.3, -0.25) is 4.90 Å². The number of para-hydroxylation sites is 1. The predicted octanol–water partition coefficient (Wildman–Crippen LogP) is 3.88. The van der Waals surface area contributed by atoms with Crippen LogP contribution in [0.2, 0.25) is 0 Å². The number of rotatable bonds is 2. The molecule has 1 aromatic heterocycles. The third-order valence-corrected chi connectivity index (χ3v) is 3.79. The number of nitrogens with one attached hydrogen (secondary N) is 1. The van der Waals surface area contributed by atoms with Crippen molar-refractivity contribution in [2.45, 2.75) is 32.2 Å². The van der Waals surface area contributed by atoms with E-state index in [0.29, 0.717) is 6.04 Å². The number of likely N-dealkylation sites (tertiary alicyclic amines) is 1. The molecule has 0 spiro atoms. The molecule has 17 heavy (non-hydrogen) atoms. The summed E-state index contributed by atoms with van der Waals surface area (Å²) in [6, 6.07) is 11.4. The molecule has 0 aliphatic carbocycles. The average Bonchev–Trinajstić information content (AvgIpc) is 2.82. The summed E-state index contributed by atoms with van der Waals surface area (Å²) >= 11 is 0. The van der Waals surface area contributed by atoms with E-state index in [1.54, 1.807) is 0 Å². The first-order valence-electron chi connectivity index (χ1n) is 6.51. The standard InChI is InChI=1S/C15H19N2/c1-2-17-10-6-5-9-15(17)14-11-12-7-3-4-8-13(12)16-14/h2-4,7-8,11,15-16H,5-6,9-10H2,1H3. The number of nitrogens with zero attached hydrogens (tertiary/aromatic N) is 1. The minimum atomic E-state index is 0.543. The summed E-state index contributed by atoms with van der Waals surface area (Å²) in [7, 11) is 0. The molecule has 2 heteroatoms. The maximum Gasteiger partial charge on any atom is 0.0502 e. The molecule has 2 aromatic rings. The summed E-state index contributed by atoms with van der Waals surface area (Å²) in [4.78, 5) is 6.03. The van der Waals surface area contributed by atoms with Crippen molar-refractivity contribution in [2.75, 3.05) is 6.54 Å². The van der Waals surface area contributed by atoms with Gasteiger partial charge in [-0.05, 0) is 43.8 Å². The highest BCUT2D eigenvalue weighted by molar-refractivity contribution is 5.80. The fourth-order valence-electron chi connectivity index (χ4n) is 2.87. The van der Waals surface area contributed by atoms with Crippen LogP contribution in [0.15, 0.2) is 30.3 Å². The lowest BCUT2D eigenvalue weighted by Crippen LogP contribution is -2.30. The van der Waals surface area contributed by atoms with Gasteiger partial charge in [0.25, 0.3) is 0 Å². The first-order chi connectivity index (χ1) is 8.38. The number of hydrogen-bond donors (Lipinski definition) is 1. The number of aromatic amines is 1. The Labute approximate surface area is 103 Å². The van der Waals surface area contributed by atoms with E-state index in [1.165, 1.54) is 42.4 Å². The van der Waals surface area contributed by atoms with Crippen LogP contribution in [0.3, 0.4) is 0 Å². The molecule has 1 aliphatic rings. The van der Waals surface area contributed by atoms with Crippen molar-refractivity contribution in [3.8, 4) is 0 Å². The van der Waals surface area contributed by atoms with Gasteiger partial charge in [-0.1, -0.05) is 24.6 Å². The molecule has 1 fully saturated rings. The monoisotopic (exact) mass is 227 g/mol. The van der Waals surface area contributed by atoms with Gasteiger partial charge in [0.05, 0.1) is 6.04 Å². The highest BCUT2D eigenvalue weighted by Gasteiger charge is 2.23. The van der Waals surface area contributed by atoms with E-state index in [2.05, 4.69) is 53.7 Å². The number of hydrogen-bond acceptors (Lipinski definition) is 1. The van der Waals surface area contributed by atoms with Crippen LogP contribution in [0, 0.1) is 6.54 Å². The number of fused-ring (bicyclic) bond motifs is 1. The van der Waals surface area contributed by atoms with E-state index in [1.807, 2.05) is 0 Å². The summed E-state index contributed by atoms with van der Waals surface area (Å²) in [5.74, 6) is 0. The minimum Gasteiger partial charge on any atom is -0.357 e. The van der Waals surface area contributed by atoms with Gasteiger partial charge in [0.15, 0.2) is 0 Å². The minimum absolute atomic E-state index is 0.543. The lowest BCUT2D eigenvalue weighted by Gasteiger charge is -2.33. The summed E-state index contributed by atoms with van der Waals surface area (Å²) in [6.45, 7) is 5.56. The van der Waals surface area contributed by atoms with Gasteiger partial charge in [0.2, 0.25) is 0 Å². The molecular weight excluding hydrogens is 208 g/mol. The quantitative estimate of drug-likeness (QED) is 0.825. The van der Waals surface area contributed by atoms with E-state index in [-0.39, 0.29) is 0 Å². The van der Waals surface area contributed by atoms with Gasteiger partial charge in [-0.15, -0.1) is 0 Å². The normalized spacial score (nSPS) is 22.1. The maximum absolute atomic E-state index is 3.57. The summed E-state index contributed by atoms with van der Waals surface area (Å²) in [5, 5.41) is 1.32. The Balaban J connectivity index is 1.96. The van der Waals surface area contributed by atoms with Crippen LogP contribution in [0.4, 0.5) is 0 Å². The highest BCUT2D eigenvalue weighted by atomic mass is 15.2. The molecule has 2 heterocycles. The highest BCUT2D eigenvalue weighted by Crippen LogP contribution is 2.32. The van der Waals surface area contributed by atoms with Crippen LogP contribution >= 0.6 is 0 Å².